The summed E-state index contributed by atoms with van der Waals surface area (Å²) in [5.41, 5.74) is 6.09. The summed E-state index contributed by atoms with van der Waals surface area (Å²) in [7, 11) is 3.25. The second kappa shape index (κ2) is 57.5. The van der Waals surface area contributed by atoms with Crippen molar-refractivity contribution in [1.82, 2.24) is 9.13 Å². The monoisotopic (exact) mass is 1880 g/mol. The number of nitrogens with zero attached hydrogens (tertiary/aromatic N) is 2. The van der Waals surface area contributed by atoms with E-state index in [1.165, 1.54) is 83.4 Å². The van der Waals surface area contributed by atoms with Crippen molar-refractivity contribution in [3.63, 3.8) is 0 Å². The molecule has 0 aliphatic rings. The number of aromatic nitrogens is 2. The molecule has 0 aliphatic heterocycles. The van der Waals surface area contributed by atoms with Crippen LogP contribution in [0.15, 0.2) is 442 Å². The summed E-state index contributed by atoms with van der Waals surface area (Å²) in [5.74, 6) is -0.635. The zero-order valence-electron chi connectivity index (χ0n) is 69.9. The Morgan fingerprint density at radius 3 is 0.702 bits per heavy atom. The first-order chi connectivity index (χ1) is 57.7. The Labute approximate surface area is 826 Å². The molecule has 121 heavy (non-hydrogen) atoms. The summed E-state index contributed by atoms with van der Waals surface area (Å²) >= 11 is 3.25. The molecule has 11 nitrogen and oxygen atoms in total. The number of rotatable bonds is 17. The normalized spacial score (nSPS) is 9.93. The number of halogens is 1. The smallest absolute Gasteiger partial charge is 1.00 e. The molecule has 16 rings (SSSR count). The first-order valence-electron chi connectivity index (χ1n) is 37.9. The molecule has 0 amide bonds. The SMILES string of the molecule is COC(=O)c1cc(-c2ccc(C)cc2)cn1C.COC(=O)c1cc(Br)cn1C.Cc1ccc(B(O)O)cc1.O=CO[O-].[H-].[K+].[K+].[Pd].c1ccc(P(c2ccccc2)c2ccccc2)cc1.c1ccc(P(c2ccccc2)c2ccccc2)cc1.c1ccc(P(c2ccccc2)c2ccccc2)cc1.c1ccc(P(c2ccccc2)c2ccccc2)cc1. The van der Waals surface area contributed by atoms with E-state index in [2.05, 4.69) is 409 Å². The molecule has 604 valence electrons. The van der Waals surface area contributed by atoms with Gasteiger partial charge in [-0.2, -0.15) is 0 Å². The number of carbonyl (C=O) groups excluding carboxylic acids is 3. The molecule has 0 fully saturated rings. The number of aryl methyl sites for hydroxylation is 4. The van der Waals surface area contributed by atoms with E-state index in [-0.39, 0.29) is 143 Å². The second-order valence-electron chi connectivity index (χ2n) is 26.1. The maximum Gasteiger partial charge on any atom is 1.00 e. The van der Waals surface area contributed by atoms with Crippen LogP contribution in [0.5, 0.6) is 0 Å². The van der Waals surface area contributed by atoms with E-state index in [1.807, 2.05) is 50.5 Å². The molecular formula is C101H94BBrK2N2O9P4Pd. The van der Waals surface area contributed by atoms with Gasteiger partial charge in [0.1, 0.15) is 11.4 Å². The number of benzene rings is 14. The number of hydrogen-bond donors (Lipinski definition) is 2. The Balaban J connectivity index is 0.000000252. The van der Waals surface area contributed by atoms with E-state index < -0.39 is 38.8 Å². The summed E-state index contributed by atoms with van der Waals surface area (Å²) in [4.78, 5) is 33.7. The Kier molecular flexibility index (Phi) is 48.5. The minimum Gasteiger partial charge on any atom is -1.00 e. The maximum atomic E-state index is 11.5. The Morgan fingerprint density at radius 2 is 0.529 bits per heavy atom. The van der Waals surface area contributed by atoms with Crippen LogP contribution in [-0.4, -0.2) is 58.9 Å². The molecule has 0 radical (unpaired) electrons. The molecule has 2 aromatic heterocycles. The number of hydrogen-bond acceptors (Lipinski definition) is 9. The third kappa shape index (κ3) is 33.6. The second-order valence-corrected chi connectivity index (χ2v) is 35.9. The summed E-state index contributed by atoms with van der Waals surface area (Å²) in [6.07, 6.45) is 3.73. The van der Waals surface area contributed by atoms with Crippen molar-refractivity contribution < 1.29 is 169 Å². The van der Waals surface area contributed by atoms with Crippen LogP contribution < -0.4 is 177 Å². The largest absolute Gasteiger partial charge is 1.00 e. The van der Waals surface area contributed by atoms with Gasteiger partial charge >= 0.3 is 122 Å². The van der Waals surface area contributed by atoms with Crippen LogP contribution in [0, 0.1) is 13.8 Å². The van der Waals surface area contributed by atoms with Gasteiger partial charge in [-0.15, -0.1) is 0 Å². The van der Waals surface area contributed by atoms with E-state index in [0.717, 1.165) is 21.2 Å². The molecule has 0 saturated heterocycles. The molecule has 0 atom stereocenters. The molecule has 0 spiro atoms. The van der Waals surface area contributed by atoms with Gasteiger partial charge < -0.3 is 40.2 Å². The number of esters is 2. The standard InChI is InChI=1S/4C18H15P.C14H15NO2.C7H9BO2.C7H8BrNO2.CH2O3.2K.Pd.H/c4*1-4-10-16(11-5-1)19(17-12-6-2-7-13-17)18-14-8-3-9-15-18;1-10-4-6-11(7-5-10)12-8-13(14(16)17-3)15(2)9-12;1-6-2-4-7(5-3-6)8(9)10;1-9-4-5(8)3-6(9)7(10)11-2;2-1-4-3;;;;/h4*1-15H;4-9H,1-3H3;2-5,9-10H,1H3;3-4H,1-2H3;1,3H;;;;/q;;;;;;;;2*+1;;-1/p-1. The summed E-state index contributed by atoms with van der Waals surface area (Å²) in [6.45, 7) is 3.82. The third-order valence-corrected chi connectivity index (χ3v) is 27.9. The van der Waals surface area contributed by atoms with Crippen LogP contribution >= 0.6 is 47.6 Å². The van der Waals surface area contributed by atoms with E-state index in [0.29, 0.717) is 16.9 Å². The molecule has 0 unspecified atom stereocenters. The van der Waals surface area contributed by atoms with Crippen LogP contribution in [0.4, 0.5) is 0 Å². The van der Waals surface area contributed by atoms with Gasteiger partial charge in [0.15, 0.2) is 0 Å². The predicted octanol–water partition coefficient (Wildman–Crippen LogP) is 10.4. The van der Waals surface area contributed by atoms with Gasteiger partial charge in [0.05, 0.1) is 14.2 Å². The summed E-state index contributed by atoms with van der Waals surface area (Å²) < 4.78 is 13.6. The molecular weight excluding hydrogens is 1780 g/mol. The van der Waals surface area contributed by atoms with Crippen molar-refractivity contribution in [2.24, 2.45) is 14.1 Å². The van der Waals surface area contributed by atoms with Crippen LogP contribution in [0.1, 0.15) is 33.5 Å². The van der Waals surface area contributed by atoms with Crippen molar-refractivity contribution in [2.75, 3.05) is 14.2 Å². The van der Waals surface area contributed by atoms with Gasteiger partial charge in [-0.1, -0.05) is 424 Å². The van der Waals surface area contributed by atoms with Gasteiger partial charge in [-0.3, -0.25) is 4.79 Å². The average molecular weight is 1880 g/mol. The maximum absolute atomic E-state index is 11.5. The van der Waals surface area contributed by atoms with Gasteiger partial charge in [0, 0.05) is 56.9 Å². The molecule has 0 saturated carbocycles. The van der Waals surface area contributed by atoms with E-state index in [1.54, 1.807) is 40.6 Å². The minimum atomic E-state index is -1.35. The third-order valence-electron chi connectivity index (χ3n) is 17.7. The fourth-order valence-electron chi connectivity index (χ4n) is 12.1. The van der Waals surface area contributed by atoms with Crippen LogP contribution in [0.25, 0.3) is 11.1 Å². The first-order valence-corrected chi connectivity index (χ1v) is 44.0. The molecule has 0 aliphatic carbocycles. The van der Waals surface area contributed by atoms with Gasteiger partial charge in [-0.05, 0) is 148 Å². The fourth-order valence-corrected chi connectivity index (χ4v) is 21.8. The summed E-state index contributed by atoms with van der Waals surface area (Å²) in [5, 5.41) is 42.5. The van der Waals surface area contributed by atoms with Gasteiger partial charge in [0.25, 0.3) is 6.47 Å². The zero-order valence-corrected chi connectivity index (χ0v) is 81.8. The van der Waals surface area contributed by atoms with Crippen LogP contribution in [0.2, 0.25) is 0 Å². The van der Waals surface area contributed by atoms with Crippen LogP contribution in [0.3, 0.4) is 0 Å². The van der Waals surface area contributed by atoms with Gasteiger partial charge in [0.2, 0.25) is 0 Å². The molecule has 2 heterocycles. The number of ether oxygens (including phenoxy) is 2. The quantitative estimate of drug-likeness (QED) is 0.0227. The zero-order chi connectivity index (χ0) is 83.5. The molecule has 0 bridgehead atoms. The summed E-state index contributed by atoms with van der Waals surface area (Å²) in [6, 6.07) is 148. The van der Waals surface area contributed by atoms with Gasteiger partial charge in [-0.25, -0.2) is 9.59 Å². The Morgan fingerprint density at radius 1 is 0.339 bits per heavy atom. The van der Waals surface area contributed by atoms with Crippen molar-refractivity contribution >= 4 is 142 Å². The molecule has 16 aromatic rings. The van der Waals surface area contributed by atoms with E-state index in [4.69, 9.17) is 24.8 Å². The fraction of sp³-hybridized carbons (Fsp3) is 0.0594. The molecule has 14 aromatic carbocycles. The number of methoxy groups -OCH3 is 2. The first kappa shape index (κ1) is 102. The molecule has 20 heteroatoms. The van der Waals surface area contributed by atoms with Crippen molar-refractivity contribution in [2.45, 2.75) is 13.8 Å². The molecule has 2 N–H and O–H groups in total. The minimum absolute atomic E-state index is 0. The van der Waals surface area contributed by atoms with Crippen LogP contribution in [-0.2, 0) is 53.7 Å². The topological polar surface area (TPSA) is 152 Å². The predicted molar refractivity (Wildman–Crippen MR) is 501 cm³/mol. The number of carbonyl (C=O) groups is 3. The average Bonchev–Trinajstić information content (AvgIpc) is 1.20. The Hall–Kier alpha value is -7.87. The van der Waals surface area contributed by atoms with Crippen molar-refractivity contribution in [1.29, 1.82) is 0 Å². The Bertz CT molecular complexity index is 4660. The van der Waals surface area contributed by atoms with E-state index >= 15 is 0 Å². The van der Waals surface area contributed by atoms with E-state index in [9.17, 15) is 9.59 Å². The van der Waals surface area contributed by atoms with Crippen molar-refractivity contribution in [3.8, 4) is 11.1 Å². The van der Waals surface area contributed by atoms with Crippen molar-refractivity contribution in [3.05, 3.63) is 464 Å².